The monoisotopic (exact) mass is 210 g/mol. The Bertz CT molecular complexity index is 552. The van der Waals surface area contributed by atoms with Gasteiger partial charge in [0.15, 0.2) is 0 Å². The third-order valence-corrected chi connectivity index (χ3v) is 2.92. The second-order valence-electron chi connectivity index (χ2n) is 3.92. The highest BCUT2D eigenvalue weighted by Crippen LogP contribution is 2.19. The number of benzene rings is 1. The van der Waals surface area contributed by atoms with Crippen molar-refractivity contribution in [2.24, 2.45) is 12.0 Å². The molecule has 2 aromatic rings. The van der Waals surface area contributed by atoms with E-state index in [0.717, 1.165) is 24.4 Å². The number of aliphatic imine (C=N–C) groups is 1. The van der Waals surface area contributed by atoms with E-state index in [-0.39, 0.29) is 0 Å². The van der Waals surface area contributed by atoms with Crippen molar-refractivity contribution in [2.45, 2.75) is 6.42 Å². The van der Waals surface area contributed by atoms with Crippen LogP contribution in [0.1, 0.15) is 16.8 Å². The molecular formula is C13H12N3. The lowest BCUT2D eigenvalue weighted by atomic mass is 9.96. The number of rotatable bonds is 1. The molecule has 1 aliphatic rings. The van der Waals surface area contributed by atoms with Crippen molar-refractivity contribution in [3.05, 3.63) is 53.3 Å². The van der Waals surface area contributed by atoms with Crippen molar-refractivity contribution in [3.63, 3.8) is 0 Å². The Morgan fingerprint density at radius 1 is 1.31 bits per heavy atom. The molecule has 0 bridgehead atoms. The van der Waals surface area contributed by atoms with Gasteiger partial charge in [0.05, 0.1) is 11.4 Å². The molecular weight excluding hydrogens is 198 g/mol. The van der Waals surface area contributed by atoms with Crippen LogP contribution in [0.25, 0.3) is 0 Å². The molecule has 0 saturated heterocycles. The minimum Gasteiger partial charge on any atom is -0.282 e. The van der Waals surface area contributed by atoms with Crippen molar-refractivity contribution in [1.29, 1.82) is 0 Å². The Morgan fingerprint density at radius 2 is 2.19 bits per heavy atom. The van der Waals surface area contributed by atoms with Crippen molar-refractivity contribution >= 4 is 5.71 Å². The molecule has 2 heterocycles. The fourth-order valence-corrected chi connectivity index (χ4v) is 2.11. The molecule has 0 atom stereocenters. The maximum absolute atomic E-state index is 4.61. The number of aromatic nitrogens is 2. The van der Waals surface area contributed by atoms with Crippen molar-refractivity contribution in [2.75, 3.05) is 6.54 Å². The van der Waals surface area contributed by atoms with E-state index in [1.807, 2.05) is 17.8 Å². The summed E-state index contributed by atoms with van der Waals surface area (Å²) < 4.78 is 1.82. The molecule has 0 fully saturated rings. The fraction of sp³-hybridized carbons (Fsp3) is 0.231. The van der Waals surface area contributed by atoms with Crippen LogP contribution in [0, 0.1) is 6.20 Å². The summed E-state index contributed by atoms with van der Waals surface area (Å²) in [5.74, 6) is 0. The molecule has 0 unspecified atom stereocenters. The lowest BCUT2D eigenvalue weighted by Crippen LogP contribution is -2.17. The van der Waals surface area contributed by atoms with Gasteiger partial charge in [0.2, 0.25) is 0 Å². The predicted octanol–water partition coefficient (Wildman–Crippen LogP) is 1.61. The lowest BCUT2D eigenvalue weighted by molar-refractivity contribution is 0.755. The van der Waals surface area contributed by atoms with Crippen molar-refractivity contribution < 1.29 is 0 Å². The Labute approximate surface area is 94.4 Å². The van der Waals surface area contributed by atoms with Crippen molar-refractivity contribution in [1.82, 2.24) is 9.78 Å². The van der Waals surface area contributed by atoms with Crippen LogP contribution in [0.2, 0.25) is 0 Å². The Morgan fingerprint density at radius 3 is 3.00 bits per heavy atom. The van der Waals surface area contributed by atoms with E-state index in [9.17, 15) is 0 Å². The number of hydrogen-bond acceptors (Lipinski definition) is 2. The molecule has 0 spiro atoms. The Hall–Kier alpha value is -1.90. The standard InChI is InChI=1S/C13H12N3/c1-16-12(7-9-15-16)13-11-5-3-2-4-10(11)6-8-14-13/h2-5,7H,6,8H2,1H3. The molecule has 79 valence electrons. The molecule has 0 N–H and O–H groups in total. The Balaban J connectivity index is 2.16. The molecule has 1 aromatic carbocycles. The first-order chi connectivity index (χ1) is 7.86. The lowest BCUT2D eigenvalue weighted by Gasteiger charge is -2.16. The van der Waals surface area contributed by atoms with Crippen LogP contribution < -0.4 is 0 Å². The first-order valence-corrected chi connectivity index (χ1v) is 5.39. The van der Waals surface area contributed by atoms with E-state index in [1.54, 1.807) is 0 Å². The number of fused-ring (bicyclic) bond motifs is 1. The van der Waals surface area contributed by atoms with Gasteiger partial charge in [-0.05, 0) is 18.1 Å². The SMILES string of the molecule is Cn1n[c]cc1C1=NCCc2ccccc21. The topological polar surface area (TPSA) is 30.2 Å². The summed E-state index contributed by atoms with van der Waals surface area (Å²) in [7, 11) is 1.92. The van der Waals surface area contributed by atoms with Gasteiger partial charge in [-0.2, -0.15) is 5.10 Å². The highest BCUT2D eigenvalue weighted by atomic mass is 15.3. The zero-order valence-corrected chi connectivity index (χ0v) is 9.14. The van der Waals surface area contributed by atoms with E-state index < -0.39 is 0 Å². The van der Waals surface area contributed by atoms with Gasteiger partial charge >= 0.3 is 0 Å². The molecule has 0 aliphatic carbocycles. The fourth-order valence-electron chi connectivity index (χ4n) is 2.11. The first kappa shape index (κ1) is 9.33. The highest BCUT2D eigenvalue weighted by Gasteiger charge is 2.17. The number of nitrogens with zero attached hydrogens (tertiary/aromatic N) is 3. The minimum absolute atomic E-state index is 0.859. The summed E-state index contributed by atoms with van der Waals surface area (Å²) in [6.45, 7) is 0.859. The van der Waals surface area contributed by atoms with Crippen LogP contribution >= 0.6 is 0 Å². The molecule has 3 rings (SSSR count). The summed E-state index contributed by atoms with van der Waals surface area (Å²) in [6.07, 6.45) is 3.89. The van der Waals surface area contributed by atoms with Crippen LogP contribution in [0.4, 0.5) is 0 Å². The highest BCUT2D eigenvalue weighted by molar-refractivity contribution is 6.13. The quantitative estimate of drug-likeness (QED) is 0.703. The normalized spacial score (nSPS) is 14.4. The van der Waals surface area contributed by atoms with Gasteiger partial charge < -0.3 is 0 Å². The van der Waals surface area contributed by atoms with Gasteiger partial charge in [0.25, 0.3) is 0 Å². The van der Waals surface area contributed by atoms with Crippen LogP contribution in [-0.4, -0.2) is 22.0 Å². The van der Waals surface area contributed by atoms with Gasteiger partial charge in [-0.25, -0.2) is 0 Å². The van der Waals surface area contributed by atoms with E-state index >= 15 is 0 Å². The molecule has 1 aliphatic heterocycles. The van der Waals surface area contributed by atoms with E-state index in [1.165, 1.54) is 11.1 Å². The summed E-state index contributed by atoms with van der Waals surface area (Å²) >= 11 is 0. The van der Waals surface area contributed by atoms with Crippen LogP contribution in [0.5, 0.6) is 0 Å². The largest absolute Gasteiger partial charge is 0.282 e. The second kappa shape index (κ2) is 3.59. The van der Waals surface area contributed by atoms with E-state index in [0.29, 0.717) is 0 Å². The second-order valence-corrected chi connectivity index (χ2v) is 3.92. The maximum Gasteiger partial charge on any atom is 0.113 e. The van der Waals surface area contributed by atoms with E-state index in [4.69, 9.17) is 0 Å². The van der Waals surface area contributed by atoms with Crippen LogP contribution in [0.3, 0.4) is 0 Å². The molecule has 0 saturated carbocycles. The summed E-state index contributed by atoms with van der Waals surface area (Å²) in [4.78, 5) is 4.61. The summed E-state index contributed by atoms with van der Waals surface area (Å²) in [6, 6.07) is 10.3. The third-order valence-electron chi connectivity index (χ3n) is 2.92. The average Bonchev–Trinajstić information content (AvgIpc) is 2.75. The Kier molecular flexibility index (Phi) is 2.10. The zero-order valence-electron chi connectivity index (χ0n) is 9.14. The first-order valence-electron chi connectivity index (χ1n) is 5.39. The number of hydrogen-bond donors (Lipinski definition) is 0. The average molecular weight is 210 g/mol. The van der Waals surface area contributed by atoms with Crippen molar-refractivity contribution in [3.8, 4) is 0 Å². The maximum atomic E-state index is 4.61. The van der Waals surface area contributed by atoms with Gasteiger partial charge in [0.1, 0.15) is 6.20 Å². The molecule has 3 nitrogen and oxygen atoms in total. The molecule has 1 radical (unpaired) electrons. The minimum atomic E-state index is 0.859. The zero-order chi connectivity index (χ0) is 11.0. The number of aryl methyl sites for hydroxylation is 1. The third kappa shape index (κ3) is 1.36. The smallest absolute Gasteiger partial charge is 0.113 e. The van der Waals surface area contributed by atoms with E-state index in [2.05, 4.69) is 40.6 Å². The molecule has 1 aromatic heterocycles. The summed E-state index contributed by atoms with van der Waals surface area (Å²) in [5.41, 5.74) is 4.67. The van der Waals surface area contributed by atoms with Gasteiger partial charge in [-0.1, -0.05) is 24.3 Å². The molecule has 16 heavy (non-hydrogen) atoms. The molecule has 3 heteroatoms. The summed E-state index contributed by atoms with van der Waals surface area (Å²) in [5, 5.41) is 4.08. The van der Waals surface area contributed by atoms with Gasteiger partial charge in [0, 0.05) is 19.2 Å². The van der Waals surface area contributed by atoms with Gasteiger partial charge in [-0.15, -0.1) is 0 Å². The van der Waals surface area contributed by atoms with Gasteiger partial charge in [-0.3, -0.25) is 9.67 Å². The van der Waals surface area contributed by atoms with Crippen LogP contribution in [-0.2, 0) is 13.5 Å². The molecule has 0 amide bonds. The predicted molar refractivity (Wildman–Crippen MR) is 62.7 cm³/mol. The van der Waals surface area contributed by atoms with Crippen LogP contribution in [0.15, 0.2) is 35.3 Å².